The molecule has 0 aromatic heterocycles. The fraction of sp³-hybridized carbons (Fsp3) is 0.350. The van der Waals surface area contributed by atoms with Crippen molar-refractivity contribution in [1.29, 1.82) is 0 Å². The van der Waals surface area contributed by atoms with Crippen LogP contribution in [0.2, 0.25) is 0 Å². The summed E-state index contributed by atoms with van der Waals surface area (Å²) >= 11 is 0. The molecule has 0 spiro atoms. The number of carbonyl (C=O) groups is 1. The minimum absolute atomic E-state index is 0.107. The van der Waals surface area contributed by atoms with E-state index in [0.29, 0.717) is 11.5 Å². The van der Waals surface area contributed by atoms with Crippen LogP contribution in [0.15, 0.2) is 36.4 Å². The summed E-state index contributed by atoms with van der Waals surface area (Å²) in [5.74, 6) is 1.28. The van der Waals surface area contributed by atoms with E-state index in [1.807, 2.05) is 43.3 Å². The molecule has 0 atom stereocenters. The first-order chi connectivity index (χ1) is 12.3. The van der Waals surface area contributed by atoms with Crippen LogP contribution in [-0.2, 0) is 27.1 Å². The Morgan fingerprint density at radius 3 is 2.12 bits per heavy atom. The fourth-order valence-corrected chi connectivity index (χ4v) is 2.83. The number of methoxy groups -OCH3 is 2. The first-order valence-electron chi connectivity index (χ1n) is 8.18. The number of hydrogen-bond acceptors (Lipinski definition) is 5. The Balaban J connectivity index is 2.69. The average Bonchev–Trinajstić information content (AvgIpc) is 2.65. The van der Waals surface area contributed by atoms with Crippen LogP contribution >= 0.6 is 0 Å². The zero-order chi connectivity index (χ0) is 18.1. The van der Waals surface area contributed by atoms with Gasteiger partial charge in [0, 0.05) is 32.3 Å². The lowest BCUT2D eigenvalue weighted by Gasteiger charge is -2.21. The van der Waals surface area contributed by atoms with Crippen LogP contribution in [0.4, 0.5) is 0 Å². The minimum atomic E-state index is 0.107. The van der Waals surface area contributed by atoms with Crippen LogP contribution in [0.5, 0.6) is 11.5 Å². The Morgan fingerprint density at radius 2 is 1.56 bits per heavy atom. The van der Waals surface area contributed by atoms with E-state index in [9.17, 15) is 4.79 Å². The van der Waals surface area contributed by atoms with Gasteiger partial charge in [0.2, 0.25) is 0 Å². The molecular formula is C20H24O5. The number of aldehydes is 1. The number of hydrogen-bond donors (Lipinski definition) is 0. The second-order valence-electron chi connectivity index (χ2n) is 5.40. The Morgan fingerprint density at radius 1 is 0.920 bits per heavy atom. The molecular weight excluding hydrogens is 320 g/mol. The summed E-state index contributed by atoms with van der Waals surface area (Å²) in [5, 5.41) is 0. The summed E-state index contributed by atoms with van der Waals surface area (Å²) in [5.41, 5.74) is 3.76. The van der Waals surface area contributed by atoms with Gasteiger partial charge in [-0.1, -0.05) is 37.3 Å². The van der Waals surface area contributed by atoms with Crippen LogP contribution in [0.3, 0.4) is 0 Å². The molecule has 0 bridgehead atoms. The number of benzene rings is 2. The van der Waals surface area contributed by atoms with Gasteiger partial charge in [-0.25, -0.2) is 0 Å². The molecule has 0 aliphatic heterocycles. The maximum Gasteiger partial charge on any atom is 0.188 e. The Labute approximate surface area is 148 Å². The molecule has 0 saturated heterocycles. The predicted octanol–water partition coefficient (Wildman–Crippen LogP) is 3.62. The van der Waals surface area contributed by atoms with Gasteiger partial charge in [0.1, 0.15) is 17.8 Å². The molecule has 5 heteroatoms. The Hall–Kier alpha value is -2.37. The molecule has 2 rings (SSSR count). The first-order valence-corrected chi connectivity index (χ1v) is 8.18. The van der Waals surface area contributed by atoms with E-state index in [-0.39, 0.29) is 20.0 Å². The Bertz CT molecular complexity index is 682. The topological polar surface area (TPSA) is 54.0 Å². The highest BCUT2D eigenvalue weighted by molar-refractivity contribution is 5.80. The van der Waals surface area contributed by atoms with Crippen molar-refractivity contribution in [3.63, 3.8) is 0 Å². The number of rotatable bonds is 10. The van der Waals surface area contributed by atoms with Crippen LogP contribution in [0.25, 0.3) is 11.1 Å². The van der Waals surface area contributed by atoms with E-state index >= 15 is 0 Å². The molecule has 134 valence electrons. The molecule has 0 unspecified atom stereocenters. The van der Waals surface area contributed by atoms with Gasteiger partial charge in [-0.3, -0.25) is 0 Å². The van der Waals surface area contributed by atoms with Gasteiger partial charge in [-0.05, 0) is 23.1 Å². The maximum absolute atomic E-state index is 11.3. The van der Waals surface area contributed by atoms with Crippen molar-refractivity contribution in [2.75, 3.05) is 27.8 Å². The number of carbonyl (C=O) groups excluding carboxylic acids is 1. The van der Waals surface area contributed by atoms with Gasteiger partial charge in [0.05, 0.1) is 0 Å². The molecule has 0 aliphatic rings. The zero-order valence-electron chi connectivity index (χ0n) is 14.9. The molecule has 0 aliphatic carbocycles. The van der Waals surface area contributed by atoms with Gasteiger partial charge in [0.15, 0.2) is 13.6 Å². The molecule has 0 radical (unpaired) electrons. The molecule has 0 saturated carbocycles. The second kappa shape index (κ2) is 9.81. The van der Waals surface area contributed by atoms with Crippen molar-refractivity contribution in [3.8, 4) is 22.6 Å². The van der Waals surface area contributed by atoms with Crippen molar-refractivity contribution in [3.05, 3.63) is 47.5 Å². The van der Waals surface area contributed by atoms with Crippen LogP contribution in [-0.4, -0.2) is 34.1 Å². The van der Waals surface area contributed by atoms with Crippen molar-refractivity contribution < 1.29 is 23.7 Å². The van der Waals surface area contributed by atoms with Crippen LogP contribution in [0, 0.1) is 0 Å². The van der Waals surface area contributed by atoms with Crippen molar-refractivity contribution in [2.24, 2.45) is 0 Å². The van der Waals surface area contributed by atoms with E-state index in [2.05, 4.69) is 0 Å². The Kier molecular flexibility index (Phi) is 7.44. The lowest BCUT2D eigenvalue weighted by atomic mass is 9.91. The fourth-order valence-electron chi connectivity index (χ4n) is 2.83. The first kappa shape index (κ1) is 19.0. The summed E-state index contributed by atoms with van der Waals surface area (Å²) in [7, 11) is 3.13. The van der Waals surface area contributed by atoms with Gasteiger partial charge in [-0.15, -0.1) is 0 Å². The molecule has 0 N–H and O–H groups in total. The van der Waals surface area contributed by atoms with Crippen molar-refractivity contribution in [2.45, 2.75) is 19.8 Å². The van der Waals surface area contributed by atoms with Crippen molar-refractivity contribution in [1.82, 2.24) is 0 Å². The SMILES string of the molecule is CCc1c(OCOC)cc(OCOC)c(-c2ccccc2)c1CC=O. The largest absolute Gasteiger partial charge is 0.467 e. The third-order valence-corrected chi connectivity index (χ3v) is 3.84. The highest BCUT2D eigenvalue weighted by atomic mass is 16.7. The smallest absolute Gasteiger partial charge is 0.188 e. The van der Waals surface area contributed by atoms with E-state index in [1.54, 1.807) is 14.2 Å². The highest BCUT2D eigenvalue weighted by Gasteiger charge is 2.20. The quantitative estimate of drug-likeness (QED) is 0.487. The van der Waals surface area contributed by atoms with Gasteiger partial charge < -0.3 is 23.7 Å². The molecule has 0 fully saturated rings. The molecule has 0 amide bonds. The second-order valence-corrected chi connectivity index (χ2v) is 5.40. The van der Waals surface area contributed by atoms with Gasteiger partial charge >= 0.3 is 0 Å². The molecule has 2 aromatic carbocycles. The minimum Gasteiger partial charge on any atom is -0.467 e. The number of ether oxygens (including phenoxy) is 4. The lowest BCUT2D eigenvalue weighted by molar-refractivity contribution is -0.107. The summed E-state index contributed by atoms with van der Waals surface area (Å²) < 4.78 is 21.6. The summed E-state index contributed by atoms with van der Waals surface area (Å²) in [4.78, 5) is 11.3. The van der Waals surface area contributed by atoms with E-state index < -0.39 is 0 Å². The highest BCUT2D eigenvalue weighted by Crippen LogP contribution is 2.41. The molecule has 0 heterocycles. The third-order valence-electron chi connectivity index (χ3n) is 3.84. The van der Waals surface area contributed by atoms with Crippen LogP contribution in [0.1, 0.15) is 18.1 Å². The summed E-state index contributed by atoms with van der Waals surface area (Å²) in [6.45, 7) is 2.27. The normalized spacial score (nSPS) is 10.5. The van der Waals surface area contributed by atoms with Crippen molar-refractivity contribution >= 4 is 6.29 Å². The summed E-state index contributed by atoms with van der Waals surface area (Å²) in [6.07, 6.45) is 1.91. The van der Waals surface area contributed by atoms with E-state index in [0.717, 1.165) is 35.0 Å². The summed E-state index contributed by atoms with van der Waals surface area (Å²) in [6, 6.07) is 11.7. The van der Waals surface area contributed by atoms with E-state index in [1.165, 1.54) is 0 Å². The molecule has 25 heavy (non-hydrogen) atoms. The lowest BCUT2D eigenvalue weighted by Crippen LogP contribution is -2.09. The standard InChI is InChI=1S/C20H24O5/c1-4-16-17(10-11-21)20(15-8-6-5-7-9-15)19(25-14-23-3)12-18(16)24-13-22-2/h5-9,11-12H,4,10,13-14H2,1-3H3. The van der Waals surface area contributed by atoms with Gasteiger partial charge in [0.25, 0.3) is 0 Å². The zero-order valence-corrected chi connectivity index (χ0v) is 14.9. The molecule has 2 aromatic rings. The van der Waals surface area contributed by atoms with E-state index in [4.69, 9.17) is 18.9 Å². The predicted molar refractivity (Wildman–Crippen MR) is 96.0 cm³/mol. The maximum atomic E-state index is 11.3. The van der Waals surface area contributed by atoms with Gasteiger partial charge in [-0.2, -0.15) is 0 Å². The van der Waals surface area contributed by atoms with Crippen LogP contribution < -0.4 is 9.47 Å². The molecule has 5 nitrogen and oxygen atoms in total. The third kappa shape index (κ3) is 4.59. The monoisotopic (exact) mass is 344 g/mol. The average molecular weight is 344 g/mol.